The summed E-state index contributed by atoms with van der Waals surface area (Å²) in [6.07, 6.45) is -2.19. The van der Waals surface area contributed by atoms with E-state index < -0.39 is 43.4 Å². The summed E-state index contributed by atoms with van der Waals surface area (Å²) in [5, 5.41) is -3.98. The zero-order valence-electron chi connectivity index (χ0n) is 9.78. The number of benzene rings is 1. The average molecular weight is 357 g/mol. The van der Waals surface area contributed by atoms with Crippen LogP contribution in [0.15, 0.2) is 29.2 Å². The van der Waals surface area contributed by atoms with E-state index in [-0.39, 0.29) is 9.92 Å². The molecular formula is C10H10ClF5O2S2. The van der Waals surface area contributed by atoms with Crippen LogP contribution in [0.5, 0.6) is 0 Å². The molecule has 0 atom stereocenters. The molecule has 0 N–H and O–H groups in total. The highest BCUT2D eigenvalue weighted by Gasteiger charge is 2.73. The molecule has 1 aliphatic carbocycles. The first-order valence-corrected chi connectivity index (χ1v) is 9.36. The minimum absolute atomic E-state index is 0.215. The second-order valence-corrected chi connectivity index (χ2v) is 10.1. The molecule has 0 aromatic heterocycles. The van der Waals surface area contributed by atoms with Gasteiger partial charge in [-0.2, -0.15) is 0 Å². The van der Waals surface area contributed by atoms with Crippen LogP contribution in [-0.2, 0) is 9.84 Å². The zero-order valence-corrected chi connectivity index (χ0v) is 12.2. The van der Waals surface area contributed by atoms with Gasteiger partial charge in [0.25, 0.3) is 10.2 Å². The normalized spacial score (nSPS) is 27.3. The molecule has 1 saturated carbocycles. The summed E-state index contributed by atoms with van der Waals surface area (Å²) in [4.78, 5) is -0.215. The van der Waals surface area contributed by atoms with Crippen LogP contribution >= 0.6 is 21.8 Å². The van der Waals surface area contributed by atoms with E-state index in [1.807, 2.05) is 0 Å². The minimum Gasteiger partial charge on any atom is -0.223 e. The summed E-state index contributed by atoms with van der Waals surface area (Å²) in [7, 11) is -13.6. The number of hydrogen-bond donors (Lipinski definition) is 0. The van der Waals surface area contributed by atoms with Crippen LogP contribution in [0.2, 0.25) is 5.02 Å². The van der Waals surface area contributed by atoms with E-state index >= 15 is 0 Å². The zero-order chi connectivity index (χ0) is 15.5. The Balaban J connectivity index is 2.19. The summed E-state index contributed by atoms with van der Waals surface area (Å²) in [5.74, 6) is 0. The van der Waals surface area contributed by atoms with Crippen LogP contribution in [0.25, 0.3) is 0 Å². The molecule has 0 spiro atoms. The third kappa shape index (κ3) is 3.04. The molecule has 1 aromatic carbocycles. The lowest BCUT2D eigenvalue weighted by Crippen LogP contribution is -2.45. The Hall–Kier alpha value is -0.540. The Morgan fingerprint density at radius 3 is 1.85 bits per heavy atom. The van der Waals surface area contributed by atoms with Gasteiger partial charge in [0.05, 0.1) is 10.1 Å². The fourth-order valence-corrected chi connectivity index (χ4v) is 5.38. The first kappa shape index (κ1) is 15.8. The maximum atomic E-state index is 12.5. The number of hydrogen-bond acceptors (Lipinski definition) is 2. The average Bonchev–Trinajstić information content (AvgIpc) is 2.09. The lowest BCUT2D eigenvalue weighted by Gasteiger charge is -2.53. The van der Waals surface area contributed by atoms with Gasteiger partial charge in [0.2, 0.25) is 0 Å². The lowest BCUT2D eigenvalue weighted by atomic mass is 9.99. The van der Waals surface area contributed by atoms with Crippen molar-refractivity contribution >= 4 is 31.7 Å². The number of sulfone groups is 1. The van der Waals surface area contributed by atoms with Gasteiger partial charge in [-0.3, -0.25) is 0 Å². The lowest BCUT2D eigenvalue weighted by molar-refractivity contribution is 0.302. The largest absolute Gasteiger partial charge is 0.288 e. The molecule has 1 aliphatic rings. The monoisotopic (exact) mass is 356 g/mol. The van der Waals surface area contributed by atoms with Crippen molar-refractivity contribution in [2.24, 2.45) is 0 Å². The molecule has 0 unspecified atom stereocenters. The van der Waals surface area contributed by atoms with Crippen molar-refractivity contribution < 1.29 is 27.8 Å². The maximum Gasteiger partial charge on any atom is 0.288 e. The van der Waals surface area contributed by atoms with Gasteiger partial charge in [0, 0.05) is 5.02 Å². The summed E-state index contributed by atoms with van der Waals surface area (Å²) in [5.41, 5.74) is 0. The van der Waals surface area contributed by atoms with Crippen LogP contribution in [0.1, 0.15) is 12.8 Å². The Labute approximate surface area is 117 Å². The van der Waals surface area contributed by atoms with Crippen molar-refractivity contribution in [2.75, 3.05) is 0 Å². The first-order chi connectivity index (χ1) is 8.70. The molecular weight excluding hydrogens is 347 g/mol. The minimum atomic E-state index is -9.59. The van der Waals surface area contributed by atoms with Gasteiger partial charge in [-0.1, -0.05) is 31.0 Å². The maximum absolute atomic E-state index is 12.5. The SMILES string of the molecule is O=S(=O)(c1ccc(Cl)cc1)C1CC(S(F)(F)(F)(F)F)C1. The summed E-state index contributed by atoms with van der Waals surface area (Å²) in [6, 6.07) is 4.83. The quantitative estimate of drug-likeness (QED) is 0.719. The van der Waals surface area contributed by atoms with Crippen LogP contribution in [-0.4, -0.2) is 18.9 Å². The van der Waals surface area contributed by atoms with Crippen molar-refractivity contribution in [3.8, 4) is 0 Å². The van der Waals surface area contributed by atoms with E-state index in [1.54, 1.807) is 0 Å². The molecule has 0 aliphatic heterocycles. The molecule has 2 rings (SSSR count). The van der Waals surface area contributed by atoms with Gasteiger partial charge in [0.1, 0.15) is 5.25 Å². The van der Waals surface area contributed by atoms with E-state index in [1.165, 1.54) is 12.1 Å². The van der Waals surface area contributed by atoms with Gasteiger partial charge in [-0.15, -0.1) is 0 Å². The Morgan fingerprint density at radius 2 is 1.45 bits per heavy atom. The molecule has 1 fully saturated rings. The molecule has 2 nitrogen and oxygen atoms in total. The molecule has 10 heteroatoms. The molecule has 0 heterocycles. The standard InChI is InChI=1S/C10H10ClF5O2S2/c11-7-1-3-8(4-2-7)19(17,18)9-5-10(6-9)20(12,13,14,15)16/h1-4,9-10H,5-6H2. The van der Waals surface area contributed by atoms with E-state index in [9.17, 15) is 27.8 Å². The summed E-state index contributed by atoms with van der Waals surface area (Å²) >= 11 is 5.57. The third-order valence-corrected chi connectivity index (χ3v) is 7.35. The summed E-state index contributed by atoms with van der Waals surface area (Å²) < 4.78 is 86.3. The fraction of sp³-hybridized carbons (Fsp3) is 0.400. The Morgan fingerprint density at radius 1 is 1.00 bits per heavy atom. The second-order valence-electron chi connectivity index (χ2n) is 4.74. The number of rotatable bonds is 3. The van der Waals surface area contributed by atoms with Crippen LogP contribution in [0.3, 0.4) is 0 Å². The Bertz CT molecular complexity index is 633. The second kappa shape index (κ2) is 3.80. The highest BCUT2D eigenvalue weighted by molar-refractivity contribution is 8.46. The molecule has 1 aromatic rings. The first-order valence-electron chi connectivity index (χ1n) is 5.42. The number of halogens is 6. The molecule has 0 radical (unpaired) electrons. The summed E-state index contributed by atoms with van der Waals surface area (Å²) in [6.45, 7) is 0. The van der Waals surface area contributed by atoms with Gasteiger partial charge in [-0.05, 0) is 37.1 Å². The van der Waals surface area contributed by atoms with Crippen LogP contribution in [0.4, 0.5) is 19.4 Å². The molecule has 0 bridgehead atoms. The Kier molecular flexibility index (Phi) is 3.01. The molecule has 0 saturated heterocycles. The smallest absolute Gasteiger partial charge is 0.223 e. The van der Waals surface area contributed by atoms with Gasteiger partial charge in [-0.25, -0.2) is 8.42 Å². The van der Waals surface area contributed by atoms with Crippen LogP contribution in [0, 0.1) is 0 Å². The van der Waals surface area contributed by atoms with E-state index in [4.69, 9.17) is 11.6 Å². The molecule has 20 heavy (non-hydrogen) atoms. The van der Waals surface area contributed by atoms with Crippen molar-refractivity contribution in [1.82, 2.24) is 0 Å². The van der Waals surface area contributed by atoms with E-state index in [0.717, 1.165) is 12.1 Å². The van der Waals surface area contributed by atoms with E-state index in [2.05, 4.69) is 0 Å². The predicted molar refractivity (Wildman–Crippen MR) is 68.6 cm³/mol. The fourth-order valence-electron chi connectivity index (χ4n) is 1.95. The van der Waals surface area contributed by atoms with Gasteiger partial charge < -0.3 is 0 Å². The highest BCUT2D eigenvalue weighted by Crippen LogP contribution is 3.02. The van der Waals surface area contributed by atoms with Gasteiger partial charge >= 0.3 is 0 Å². The topological polar surface area (TPSA) is 34.1 Å². The van der Waals surface area contributed by atoms with Crippen LogP contribution < -0.4 is 0 Å². The van der Waals surface area contributed by atoms with Crippen molar-refractivity contribution in [2.45, 2.75) is 28.2 Å². The van der Waals surface area contributed by atoms with E-state index in [0.29, 0.717) is 0 Å². The predicted octanol–water partition coefficient (Wildman–Crippen LogP) is 4.94. The van der Waals surface area contributed by atoms with Crippen molar-refractivity contribution in [1.29, 1.82) is 0 Å². The molecule has 0 amide bonds. The third-order valence-electron chi connectivity index (χ3n) is 3.26. The van der Waals surface area contributed by atoms with Crippen molar-refractivity contribution in [3.63, 3.8) is 0 Å². The van der Waals surface area contributed by atoms with Gasteiger partial charge in [0.15, 0.2) is 9.84 Å². The highest BCUT2D eigenvalue weighted by atomic mass is 35.5. The molecule has 116 valence electrons. The van der Waals surface area contributed by atoms with Crippen molar-refractivity contribution in [3.05, 3.63) is 29.3 Å².